The van der Waals surface area contributed by atoms with Crippen molar-refractivity contribution in [1.82, 2.24) is 9.55 Å². The molecular weight excluding hydrogens is 250 g/mol. The second kappa shape index (κ2) is 4.57. The summed E-state index contributed by atoms with van der Waals surface area (Å²) < 4.78 is 1.80. The summed E-state index contributed by atoms with van der Waals surface area (Å²) in [6.07, 6.45) is 10.1. The lowest BCUT2D eigenvalue weighted by Crippen LogP contribution is -2.40. The second-order valence-electron chi connectivity index (χ2n) is 5.47. The van der Waals surface area contributed by atoms with Crippen LogP contribution in [0.15, 0.2) is 17.2 Å². The van der Waals surface area contributed by atoms with Crippen LogP contribution in [0.1, 0.15) is 44.6 Å². The Morgan fingerprint density at radius 1 is 1.44 bits per heavy atom. The Morgan fingerprint density at radius 2 is 2.17 bits per heavy atom. The van der Waals surface area contributed by atoms with Crippen LogP contribution in [0.5, 0.6) is 0 Å². The fourth-order valence-electron chi connectivity index (χ4n) is 2.75. The molecule has 5 heteroatoms. The van der Waals surface area contributed by atoms with Crippen LogP contribution in [0, 0.1) is 0 Å². The van der Waals surface area contributed by atoms with Crippen LogP contribution in [-0.4, -0.2) is 21.0 Å². The normalized spacial score (nSPS) is 22.1. The topological polar surface area (TPSA) is 46.9 Å². The Morgan fingerprint density at radius 3 is 2.78 bits per heavy atom. The molecule has 2 aliphatic rings. The van der Waals surface area contributed by atoms with Crippen molar-refractivity contribution < 1.29 is 0 Å². The number of hydrogen-bond acceptors (Lipinski definition) is 3. The molecule has 0 atom stereocenters. The summed E-state index contributed by atoms with van der Waals surface area (Å²) >= 11 is 6.08. The van der Waals surface area contributed by atoms with Gasteiger partial charge >= 0.3 is 0 Å². The van der Waals surface area contributed by atoms with E-state index in [1.165, 1.54) is 12.8 Å². The number of aromatic nitrogens is 2. The highest BCUT2D eigenvalue weighted by molar-refractivity contribution is 6.18. The Bertz CT molecular complexity index is 489. The Kier molecular flexibility index (Phi) is 3.06. The van der Waals surface area contributed by atoms with Gasteiger partial charge in [0, 0.05) is 24.3 Å². The fraction of sp³-hybridized carbons (Fsp3) is 0.692. The zero-order valence-electron chi connectivity index (χ0n) is 10.4. The molecule has 2 saturated carbocycles. The van der Waals surface area contributed by atoms with Crippen LogP contribution < -0.4 is 10.9 Å². The van der Waals surface area contributed by atoms with Crippen molar-refractivity contribution in [3.8, 4) is 0 Å². The van der Waals surface area contributed by atoms with Crippen molar-refractivity contribution in [2.75, 3.05) is 11.2 Å². The third kappa shape index (κ3) is 2.14. The number of anilines is 1. The highest BCUT2D eigenvalue weighted by Gasteiger charge is 2.34. The van der Waals surface area contributed by atoms with Gasteiger partial charge in [0.05, 0.1) is 5.54 Å². The van der Waals surface area contributed by atoms with Gasteiger partial charge in [-0.05, 0) is 25.7 Å². The molecule has 0 aromatic carbocycles. The summed E-state index contributed by atoms with van der Waals surface area (Å²) in [7, 11) is 0. The van der Waals surface area contributed by atoms with Gasteiger partial charge in [-0.3, -0.25) is 4.79 Å². The van der Waals surface area contributed by atoms with E-state index in [0.717, 1.165) is 25.7 Å². The minimum atomic E-state index is -0.129. The lowest BCUT2D eigenvalue weighted by molar-refractivity contribution is 0.534. The van der Waals surface area contributed by atoms with E-state index in [1.54, 1.807) is 17.0 Å². The summed E-state index contributed by atoms with van der Waals surface area (Å²) in [6.45, 7) is 0. The number of nitrogens with one attached hydrogen (secondary N) is 1. The van der Waals surface area contributed by atoms with Crippen LogP contribution in [0.3, 0.4) is 0 Å². The van der Waals surface area contributed by atoms with E-state index in [-0.39, 0.29) is 11.1 Å². The van der Waals surface area contributed by atoms with Crippen molar-refractivity contribution in [1.29, 1.82) is 0 Å². The molecule has 1 aromatic rings. The molecule has 0 aliphatic heterocycles. The van der Waals surface area contributed by atoms with Crippen molar-refractivity contribution in [3.63, 3.8) is 0 Å². The summed E-state index contributed by atoms with van der Waals surface area (Å²) in [6, 6.07) is 0.386. The van der Waals surface area contributed by atoms with Gasteiger partial charge in [0.1, 0.15) is 0 Å². The molecule has 3 rings (SSSR count). The molecule has 18 heavy (non-hydrogen) atoms. The highest BCUT2D eigenvalue weighted by Crippen LogP contribution is 2.35. The summed E-state index contributed by atoms with van der Waals surface area (Å²) in [5.74, 6) is 0.999. The van der Waals surface area contributed by atoms with Gasteiger partial charge in [0.2, 0.25) is 0 Å². The predicted octanol–water partition coefficient (Wildman–Crippen LogP) is 2.54. The maximum absolute atomic E-state index is 12.3. The number of halogens is 1. The van der Waals surface area contributed by atoms with E-state index >= 15 is 0 Å². The first kappa shape index (κ1) is 12.0. The summed E-state index contributed by atoms with van der Waals surface area (Å²) in [4.78, 5) is 16.5. The molecular formula is C13H18ClN3O. The summed E-state index contributed by atoms with van der Waals surface area (Å²) in [5, 5.41) is 3.32. The van der Waals surface area contributed by atoms with Crippen LogP contribution in [0.25, 0.3) is 0 Å². The van der Waals surface area contributed by atoms with Gasteiger partial charge < -0.3 is 9.88 Å². The lowest BCUT2D eigenvalue weighted by Gasteiger charge is -2.28. The van der Waals surface area contributed by atoms with Gasteiger partial charge in [0.15, 0.2) is 5.82 Å². The van der Waals surface area contributed by atoms with Crippen LogP contribution in [0.4, 0.5) is 5.82 Å². The molecule has 0 unspecified atom stereocenters. The van der Waals surface area contributed by atoms with Crippen molar-refractivity contribution in [2.45, 2.75) is 50.1 Å². The van der Waals surface area contributed by atoms with Gasteiger partial charge in [-0.2, -0.15) is 0 Å². The zero-order chi connectivity index (χ0) is 12.6. The SMILES string of the molecule is O=c1c(NC2(CCl)CCCC2)nccn1C1CC1. The molecule has 0 radical (unpaired) electrons. The molecule has 0 saturated heterocycles. The first-order chi connectivity index (χ1) is 8.74. The maximum Gasteiger partial charge on any atom is 0.293 e. The molecule has 0 bridgehead atoms. The van der Waals surface area contributed by atoms with Gasteiger partial charge in [0.25, 0.3) is 5.56 Å². The van der Waals surface area contributed by atoms with Crippen molar-refractivity contribution >= 4 is 17.4 Å². The number of nitrogens with zero attached hydrogens (tertiary/aromatic N) is 2. The van der Waals surface area contributed by atoms with Crippen molar-refractivity contribution in [3.05, 3.63) is 22.7 Å². The number of rotatable bonds is 4. The van der Waals surface area contributed by atoms with Gasteiger partial charge in [-0.1, -0.05) is 12.8 Å². The fourth-order valence-corrected chi connectivity index (χ4v) is 3.08. The van der Waals surface area contributed by atoms with Crippen LogP contribution >= 0.6 is 11.6 Å². The second-order valence-corrected chi connectivity index (χ2v) is 5.73. The van der Waals surface area contributed by atoms with E-state index in [4.69, 9.17) is 11.6 Å². The van der Waals surface area contributed by atoms with Crippen molar-refractivity contribution in [2.24, 2.45) is 0 Å². The van der Waals surface area contributed by atoms with E-state index in [2.05, 4.69) is 10.3 Å². The summed E-state index contributed by atoms with van der Waals surface area (Å²) in [5.41, 5.74) is -0.132. The average molecular weight is 268 g/mol. The van der Waals surface area contributed by atoms with Crippen LogP contribution in [-0.2, 0) is 0 Å². The Hall–Kier alpha value is -1.03. The smallest absolute Gasteiger partial charge is 0.293 e. The molecule has 1 heterocycles. The number of alkyl halides is 1. The molecule has 98 valence electrons. The third-order valence-corrected chi connectivity index (χ3v) is 4.52. The lowest BCUT2D eigenvalue weighted by atomic mass is 10.0. The van der Waals surface area contributed by atoms with E-state index in [1.807, 2.05) is 0 Å². The minimum Gasteiger partial charge on any atom is -0.359 e. The first-order valence-electron chi connectivity index (χ1n) is 6.65. The maximum atomic E-state index is 12.3. The molecule has 2 aliphatic carbocycles. The molecule has 0 amide bonds. The largest absolute Gasteiger partial charge is 0.359 e. The number of hydrogen-bond donors (Lipinski definition) is 1. The highest BCUT2D eigenvalue weighted by atomic mass is 35.5. The standard InChI is InChI=1S/C13H18ClN3O/c14-9-13(5-1-2-6-13)16-11-12(18)17(8-7-15-11)10-3-4-10/h7-8,10H,1-6,9H2,(H,15,16). The monoisotopic (exact) mass is 267 g/mol. The quantitative estimate of drug-likeness (QED) is 0.853. The molecule has 1 N–H and O–H groups in total. The van der Waals surface area contributed by atoms with E-state index in [0.29, 0.717) is 17.7 Å². The van der Waals surface area contributed by atoms with E-state index < -0.39 is 0 Å². The zero-order valence-corrected chi connectivity index (χ0v) is 11.1. The molecule has 2 fully saturated rings. The Balaban J connectivity index is 1.88. The average Bonchev–Trinajstić information content (AvgIpc) is 3.12. The third-order valence-electron chi connectivity index (χ3n) is 4.01. The molecule has 4 nitrogen and oxygen atoms in total. The van der Waals surface area contributed by atoms with Gasteiger partial charge in [-0.15, -0.1) is 11.6 Å². The van der Waals surface area contributed by atoms with E-state index in [9.17, 15) is 4.79 Å². The molecule has 0 spiro atoms. The Labute approximate surface area is 111 Å². The van der Waals surface area contributed by atoms with Crippen LogP contribution in [0.2, 0.25) is 0 Å². The predicted molar refractivity (Wildman–Crippen MR) is 72.3 cm³/mol. The minimum absolute atomic E-state index is 0.00334. The first-order valence-corrected chi connectivity index (χ1v) is 7.19. The molecule has 1 aromatic heterocycles. The van der Waals surface area contributed by atoms with Gasteiger partial charge in [-0.25, -0.2) is 4.98 Å².